The van der Waals surface area contributed by atoms with Gasteiger partial charge >= 0.3 is 6.09 Å². The molecule has 1 aliphatic rings. The number of phenolic OH excluding ortho intramolecular Hbond substituents is 1. The van der Waals surface area contributed by atoms with E-state index in [1.807, 2.05) is 32.9 Å². The van der Waals surface area contributed by atoms with Gasteiger partial charge in [-0.25, -0.2) is 4.79 Å². The first-order valence-electron chi connectivity index (χ1n) is 6.64. The van der Waals surface area contributed by atoms with Crippen molar-refractivity contribution in [2.45, 2.75) is 51.7 Å². The van der Waals surface area contributed by atoms with Crippen LogP contribution >= 0.6 is 0 Å². The lowest BCUT2D eigenvalue weighted by atomic mass is 9.88. The lowest BCUT2D eigenvalue weighted by Crippen LogP contribution is -2.41. The summed E-state index contributed by atoms with van der Waals surface area (Å²) < 4.78 is 5.25. The van der Waals surface area contributed by atoms with Gasteiger partial charge in [-0.2, -0.15) is 0 Å². The van der Waals surface area contributed by atoms with Crippen LogP contribution in [0.1, 0.15) is 38.3 Å². The molecule has 4 heteroatoms. The molecule has 2 N–H and O–H groups in total. The summed E-state index contributed by atoms with van der Waals surface area (Å²) in [5.74, 6) is 0.313. The normalized spacial score (nSPS) is 18.6. The zero-order valence-corrected chi connectivity index (χ0v) is 11.7. The second-order valence-corrected chi connectivity index (χ2v) is 6.00. The summed E-state index contributed by atoms with van der Waals surface area (Å²) in [5.41, 5.74) is 1.62. The average Bonchev–Trinajstić information content (AvgIpc) is 2.27. The van der Waals surface area contributed by atoms with Crippen LogP contribution in [0.4, 0.5) is 4.79 Å². The van der Waals surface area contributed by atoms with E-state index in [4.69, 9.17) is 4.74 Å². The molecular weight excluding hydrogens is 242 g/mol. The minimum Gasteiger partial charge on any atom is -0.508 e. The van der Waals surface area contributed by atoms with E-state index in [0.29, 0.717) is 12.2 Å². The number of aromatic hydroxyl groups is 1. The van der Waals surface area contributed by atoms with Crippen molar-refractivity contribution in [3.05, 3.63) is 29.3 Å². The molecule has 1 aliphatic carbocycles. The van der Waals surface area contributed by atoms with Crippen LogP contribution in [0.2, 0.25) is 0 Å². The first kappa shape index (κ1) is 13.7. The molecule has 0 aromatic heterocycles. The van der Waals surface area contributed by atoms with Crippen molar-refractivity contribution in [1.29, 1.82) is 0 Å². The number of amides is 1. The Kier molecular flexibility index (Phi) is 3.69. The highest BCUT2D eigenvalue weighted by Crippen LogP contribution is 2.28. The Hall–Kier alpha value is -1.71. The van der Waals surface area contributed by atoms with Crippen molar-refractivity contribution in [2.24, 2.45) is 0 Å². The molecule has 0 bridgehead atoms. The summed E-state index contributed by atoms with van der Waals surface area (Å²) in [6.45, 7) is 5.53. The molecular formula is C15H21NO3. The number of rotatable bonds is 1. The number of carbonyl (C=O) groups is 1. The number of ether oxygens (including phenoxy) is 1. The molecule has 4 nitrogen and oxygen atoms in total. The number of alkyl carbamates (subject to hydrolysis) is 1. The quantitative estimate of drug-likeness (QED) is 0.819. The van der Waals surface area contributed by atoms with Gasteiger partial charge in [0.2, 0.25) is 0 Å². The van der Waals surface area contributed by atoms with Crippen molar-refractivity contribution in [2.75, 3.05) is 0 Å². The van der Waals surface area contributed by atoms with Crippen molar-refractivity contribution in [3.63, 3.8) is 0 Å². The number of hydrogen-bond donors (Lipinski definition) is 2. The first-order chi connectivity index (χ1) is 8.85. The number of nitrogens with one attached hydrogen (secondary N) is 1. The maximum absolute atomic E-state index is 11.7. The highest BCUT2D eigenvalue weighted by atomic mass is 16.6. The molecule has 1 atom stereocenters. The predicted octanol–water partition coefficient (Wildman–Crippen LogP) is 2.77. The molecule has 0 radical (unpaired) electrons. The van der Waals surface area contributed by atoms with Gasteiger partial charge < -0.3 is 15.2 Å². The van der Waals surface area contributed by atoms with Gasteiger partial charge in [-0.15, -0.1) is 0 Å². The summed E-state index contributed by atoms with van der Waals surface area (Å²) in [6.07, 6.45) is 2.00. The van der Waals surface area contributed by atoms with Gasteiger partial charge in [0.1, 0.15) is 11.4 Å². The molecule has 1 aromatic rings. The largest absolute Gasteiger partial charge is 0.508 e. The fourth-order valence-electron chi connectivity index (χ4n) is 2.37. The van der Waals surface area contributed by atoms with Crippen LogP contribution in [0.5, 0.6) is 5.75 Å². The molecule has 0 saturated heterocycles. The lowest BCUT2D eigenvalue weighted by molar-refractivity contribution is 0.0500. The number of carbonyl (C=O) groups excluding carboxylic acids is 1. The Morgan fingerprint density at radius 1 is 1.42 bits per heavy atom. The van der Waals surface area contributed by atoms with Crippen LogP contribution in [-0.2, 0) is 17.6 Å². The van der Waals surface area contributed by atoms with E-state index in [0.717, 1.165) is 18.4 Å². The molecule has 2 rings (SSSR count). The van der Waals surface area contributed by atoms with Crippen LogP contribution in [0.3, 0.4) is 0 Å². The summed E-state index contributed by atoms with van der Waals surface area (Å²) >= 11 is 0. The summed E-state index contributed by atoms with van der Waals surface area (Å²) in [5, 5.41) is 12.7. The van der Waals surface area contributed by atoms with Crippen molar-refractivity contribution >= 4 is 6.09 Å². The fraction of sp³-hybridized carbons (Fsp3) is 0.533. The maximum atomic E-state index is 11.7. The fourth-order valence-corrected chi connectivity index (χ4v) is 2.37. The van der Waals surface area contributed by atoms with Crippen LogP contribution < -0.4 is 5.32 Å². The predicted molar refractivity (Wildman–Crippen MR) is 73.3 cm³/mol. The Morgan fingerprint density at radius 2 is 2.16 bits per heavy atom. The molecule has 1 amide bonds. The number of fused-ring (bicyclic) bond motifs is 1. The minimum absolute atomic E-state index is 0.0237. The second kappa shape index (κ2) is 5.11. The number of hydrogen-bond acceptors (Lipinski definition) is 3. The Bertz CT molecular complexity index is 477. The van der Waals surface area contributed by atoms with E-state index >= 15 is 0 Å². The second-order valence-electron chi connectivity index (χ2n) is 6.00. The van der Waals surface area contributed by atoms with E-state index < -0.39 is 11.7 Å². The van der Waals surface area contributed by atoms with Gasteiger partial charge in [0, 0.05) is 6.04 Å². The third kappa shape index (κ3) is 3.63. The minimum atomic E-state index is -0.487. The topological polar surface area (TPSA) is 58.6 Å². The molecule has 0 saturated carbocycles. The molecule has 0 heterocycles. The van der Waals surface area contributed by atoms with Gasteiger partial charge in [0.25, 0.3) is 0 Å². The zero-order chi connectivity index (χ0) is 14.0. The molecule has 0 spiro atoms. The van der Waals surface area contributed by atoms with Gasteiger partial charge in [-0.1, -0.05) is 12.1 Å². The van der Waals surface area contributed by atoms with E-state index in [1.54, 1.807) is 6.07 Å². The van der Waals surface area contributed by atoms with Crippen molar-refractivity contribution in [1.82, 2.24) is 5.32 Å². The maximum Gasteiger partial charge on any atom is 0.407 e. The third-order valence-corrected chi connectivity index (χ3v) is 3.18. The van der Waals surface area contributed by atoms with Gasteiger partial charge in [-0.05, 0) is 57.2 Å². The van der Waals surface area contributed by atoms with Crippen LogP contribution in [0.15, 0.2) is 18.2 Å². The van der Waals surface area contributed by atoms with Crippen LogP contribution in [0.25, 0.3) is 0 Å². The monoisotopic (exact) mass is 263 g/mol. The Balaban J connectivity index is 1.99. The van der Waals surface area contributed by atoms with Crippen molar-refractivity contribution in [3.8, 4) is 5.75 Å². The smallest absolute Gasteiger partial charge is 0.407 e. The summed E-state index contributed by atoms with van der Waals surface area (Å²) in [6, 6.07) is 5.60. The van der Waals surface area contributed by atoms with Gasteiger partial charge in [-0.3, -0.25) is 0 Å². The average molecular weight is 263 g/mol. The van der Waals surface area contributed by atoms with E-state index in [1.165, 1.54) is 5.56 Å². The highest BCUT2D eigenvalue weighted by Gasteiger charge is 2.24. The Labute approximate surface area is 113 Å². The van der Waals surface area contributed by atoms with Crippen LogP contribution in [-0.4, -0.2) is 22.8 Å². The summed E-state index contributed by atoms with van der Waals surface area (Å²) in [4.78, 5) is 11.7. The molecule has 1 aromatic carbocycles. The van der Waals surface area contributed by atoms with E-state index in [-0.39, 0.29) is 6.04 Å². The number of aryl methyl sites for hydroxylation is 1. The standard InChI is InChI=1S/C15H21NO3/c1-15(2,3)19-14(18)16-11-8-7-10-5-4-6-13(17)12(10)9-11/h4-6,11,17H,7-9H2,1-3H3,(H,16,18). The number of benzene rings is 1. The molecule has 0 fully saturated rings. The zero-order valence-electron chi connectivity index (χ0n) is 11.7. The molecule has 19 heavy (non-hydrogen) atoms. The third-order valence-electron chi connectivity index (χ3n) is 3.18. The van der Waals surface area contributed by atoms with Gasteiger partial charge in [0.15, 0.2) is 0 Å². The van der Waals surface area contributed by atoms with Crippen LogP contribution in [0, 0.1) is 0 Å². The Morgan fingerprint density at radius 3 is 2.84 bits per heavy atom. The summed E-state index contributed by atoms with van der Waals surface area (Å²) in [7, 11) is 0. The van der Waals surface area contributed by atoms with Crippen molar-refractivity contribution < 1.29 is 14.6 Å². The SMILES string of the molecule is CC(C)(C)OC(=O)NC1CCc2cccc(O)c2C1. The highest BCUT2D eigenvalue weighted by molar-refractivity contribution is 5.68. The first-order valence-corrected chi connectivity index (χ1v) is 6.64. The van der Waals surface area contributed by atoms with E-state index in [9.17, 15) is 9.90 Å². The molecule has 104 valence electrons. The van der Waals surface area contributed by atoms with Gasteiger partial charge in [0.05, 0.1) is 0 Å². The number of phenols is 1. The molecule has 0 aliphatic heterocycles. The molecule has 1 unspecified atom stereocenters. The van der Waals surface area contributed by atoms with E-state index in [2.05, 4.69) is 5.32 Å². The lowest BCUT2D eigenvalue weighted by Gasteiger charge is -2.27.